The summed E-state index contributed by atoms with van der Waals surface area (Å²) in [6.45, 7) is 3.36. The highest BCUT2D eigenvalue weighted by molar-refractivity contribution is 5.85. The van der Waals surface area contributed by atoms with Crippen LogP contribution in [0.15, 0.2) is 4.99 Å². The molecule has 2 amide bonds. The molecule has 2 aliphatic heterocycles. The lowest BCUT2D eigenvalue weighted by Gasteiger charge is -2.34. The van der Waals surface area contributed by atoms with E-state index in [4.69, 9.17) is 4.74 Å². The van der Waals surface area contributed by atoms with Crippen molar-refractivity contribution >= 4 is 17.8 Å². The van der Waals surface area contributed by atoms with Crippen LogP contribution in [-0.2, 0) is 14.3 Å². The van der Waals surface area contributed by atoms with Gasteiger partial charge in [0.15, 0.2) is 5.96 Å². The molecule has 8 nitrogen and oxygen atoms in total. The number of carbonyl (C=O) groups excluding carboxylic acids is 2. The van der Waals surface area contributed by atoms with Gasteiger partial charge in [-0.2, -0.15) is 0 Å². The Kier molecular flexibility index (Phi) is 8.15. The van der Waals surface area contributed by atoms with Crippen molar-refractivity contribution in [3.05, 3.63) is 0 Å². The van der Waals surface area contributed by atoms with Gasteiger partial charge in [-0.05, 0) is 31.6 Å². The van der Waals surface area contributed by atoms with Crippen LogP contribution in [-0.4, -0.2) is 87.6 Å². The number of carbonyl (C=O) groups is 2. The monoisotopic (exact) mass is 367 g/mol. The highest BCUT2D eigenvalue weighted by Crippen LogP contribution is 2.20. The SMILES string of the molecule is CNC(=O)CC1CCN(C(=NCC(=O)N(C)C)NCC2CCCO2)CC1. The zero-order valence-corrected chi connectivity index (χ0v) is 16.3. The molecule has 0 saturated carbocycles. The number of hydrogen-bond donors (Lipinski definition) is 2. The summed E-state index contributed by atoms with van der Waals surface area (Å²) in [5, 5.41) is 6.09. The lowest BCUT2D eigenvalue weighted by molar-refractivity contribution is -0.127. The molecule has 0 aromatic carbocycles. The standard InChI is InChI=1S/C18H33N5O3/c1-19-16(24)11-14-6-8-23(9-7-14)18(21-13-17(25)22(2)3)20-12-15-5-4-10-26-15/h14-15H,4-13H2,1-3H3,(H,19,24)(H,20,21). The van der Waals surface area contributed by atoms with Crippen LogP contribution < -0.4 is 10.6 Å². The van der Waals surface area contributed by atoms with Crippen LogP contribution >= 0.6 is 0 Å². The zero-order valence-electron chi connectivity index (χ0n) is 16.3. The maximum absolute atomic E-state index is 11.9. The average Bonchev–Trinajstić information content (AvgIpc) is 3.15. The highest BCUT2D eigenvalue weighted by atomic mass is 16.5. The Labute approximate surface area is 156 Å². The number of rotatable bonds is 6. The number of hydrogen-bond acceptors (Lipinski definition) is 4. The van der Waals surface area contributed by atoms with Gasteiger partial charge in [-0.1, -0.05) is 0 Å². The summed E-state index contributed by atoms with van der Waals surface area (Å²) >= 11 is 0. The minimum absolute atomic E-state index is 0.0177. The molecule has 2 rings (SSSR count). The van der Waals surface area contributed by atoms with Crippen molar-refractivity contribution in [1.29, 1.82) is 0 Å². The van der Waals surface area contributed by atoms with Crippen LogP contribution in [0.5, 0.6) is 0 Å². The molecule has 1 atom stereocenters. The first kappa shape index (κ1) is 20.5. The molecule has 0 aromatic rings. The molecule has 148 valence electrons. The van der Waals surface area contributed by atoms with Crippen LogP contribution in [0, 0.1) is 5.92 Å². The van der Waals surface area contributed by atoms with Gasteiger partial charge in [-0.25, -0.2) is 4.99 Å². The average molecular weight is 367 g/mol. The van der Waals surface area contributed by atoms with Gasteiger partial charge in [0.05, 0.1) is 6.10 Å². The van der Waals surface area contributed by atoms with E-state index in [0.717, 1.165) is 51.3 Å². The fourth-order valence-corrected chi connectivity index (χ4v) is 3.28. The number of ether oxygens (including phenoxy) is 1. The Balaban J connectivity index is 1.90. The largest absolute Gasteiger partial charge is 0.376 e. The molecule has 2 saturated heterocycles. The summed E-state index contributed by atoms with van der Waals surface area (Å²) in [4.78, 5) is 31.8. The first-order chi connectivity index (χ1) is 12.5. The molecular formula is C18H33N5O3. The zero-order chi connectivity index (χ0) is 18.9. The summed E-state index contributed by atoms with van der Waals surface area (Å²) in [7, 11) is 5.15. The Morgan fingerprint density at radius 2 is 1.96 bits per heavy atom. The van der Waals surface area contributed by atoms with E-state index in [2.05, 4.69) is 20.5 Å². The molecule has 8 heteroatoms. The number of aliphatic imine (C=N–C) groups is 1. The van der Waals surface area contributed by atoms with Gasteiger partial charge < -0.3 is 25.2 Å². The second kappa shape index (κ2) is 10.4. The number of amides is 2. The Hall–Kier alpha value is -1.83. The Morgan fingerprint density at radius 3 is 2.54 bits per heavy atom. The van der Waals surface area contributed by atoms with E-state index in [1.165, 1.54) is 0 Å². The van der Waals surface area contributed by atoms with E-state index in [1.807, 2.05) is 0 Å². The van der Waals surface area contributed by atoms with Crippen molar-refractivity contribution < 1.29 is 14.3 Å². The minimum Gasteiger partial charge on any atom is -0.376 e. The first-order valence-electron chi connectivity index (χ1n) is 9.55. The third-order valence-electron chi connectivity index (χ3n) is 5.04. The molecule has 0 aromatic heterocycles. The number of likely N-dealkylation sites (tertiary alicyclic amines) is 1. The molecule has 0 bridgehead atoms. The topological polar surface area (TPSA) is 86.3 Å². The molecule has 0 radical (unpaired) electrons. The first-order valence-corrected chi connectivity index (χ1v) is 9.55. The maximum Gasteiger partial charge on any atom is 0.243 e. The normalized spacial score (nSPS) is 21.6. The summed E-state index contributed by atoms with van der Waals surface area (Å²) in [5.74, 6) is 1.27. The number of nitrogens with zero attached hydrogens (tertiary/aromatic N) is 3. The lowest BCUT2D eigenvalue weighted by Crippen LogP contribution is -2.48. The van der Waals surface area contributed by atoms with Crippen molar-refractivity contribution in [2.24, 2.45) is 10.9 Å². The number of guanidine groups is 1. The molecule has 0 spiro atoms. The van der Waals surface area contributed by atoms with Crippen LogP contribution in [0.4, 0.5) is 0 Å². The molecule has 1 unspecified atom stereocenters. The Morgan fingerprint density at radius 1 is 1.23 bits per heavy atom. The van der Waals surface area contributed by atoms with Gasteiger partial charge in [-0.3, -0.25) is 9.59 Å². The van der Waals surface area contributed by atoms with Crippen molar-refractivity contribution in [3.63, 3.8) is 0 Å². The second-order valence-electron chi connectivity index (χ2n) is 7.25. The molecular weight excluding hydrogens is 334 g/mol. The highest BCUT2D eigenvalue weighted by Gasteiger charge is 2.24. The summed E-state index contributed by atoms with van der Waals surface area (Å²) in [6.07, 6.45) is 4.87. The molecule has 2 heterocycles. The maximum atomic E-state index is 11.9. The van der Waals surface area contributed by atoms with E-state index >= 15 is 0 Å². The summed E-state index contributed by atoms with van der Waals surface area (Å²) in [5.41, 5.74) is 0. The van der Waals surface area contributed by atoms with Gasteiger partial charge in [0.2, 0.25) is 11.8 Å². The number of likely N-dealkylation sites (N-methyl/N-ethyl adjacent to an activating group) is 1. The molecule has 2 aliphatic rings. The minimum atomic E-state index is -0.0177. The van der Waals surface area contributed by atoms with E-state index < -0.39 is 0 Å². The van der Waals surface area contributed by atoms with E-state index in [1.54, 1.807) is 26.0 Å². The van der Waals surface area contributed by atoms with Crippen molar-refractivity contribution in [3.8, 4) is 0 Å². The molecule has 0 aliphatic carbocycles. The van der Waals surface area contributed by atoms with Gasteiger partial charge >= 0.3 is 0 Å². The molecule has 26 heavy (non-hydrogen) atoms. The summed E-state index contributed by atoms with van der Waals surface area (Å²) in [6, 6.07) is 0. The second-order valence-corrected chi connectivity index (χ2v) is 7.25. The van der Waals surface area contributed by atoms with Crippen molar-refractivity contribution in [1.82, 2.24) is 20.4 Å². The van der Waals surface area contributed by atoms with Crippen LogP contribution in [0.1, 0.15) is 32.1 Å². The smallest absolute Gasteiger partial charge is 0.243 e. The van der Waals surface area contributed by atoms with E-state index in [9.17, 15) is 9.59 Å². The number of nitrogens with one attached hydrogen (secondary N) is 2. The van der Waals surface area contributed by atoms with Gasteiger partial charge in [0.1, 0.15) is 6.54 Å². The van der Waals surface area contributed by atoms with Gasteiger partial charge in [-0.15, -0.1) is 0 Å². The summed E-state index contributed by atoms with van der Waals surface area (Å²) < 4.78 is 5.67. The van der Waals surface area contributed by atoms with Crippen LogP contribution in [0.2, 0.25) is 0 Å². The fraction of sp³-hybridized carbons (Fsp3) is 0.833. The predicted molar refractivity (Wildman–Crippen MR) is 101 cm³/mol. The van der Waals surface area contributed by atoms with Crippen molar-refractivity contribution in [2.45, 2.75) is 38.2 Å². The number of piperidine rings is 1. The van der Waals surface area contributed by atoms with Crippen LogP contribution in [0.25, 0.3) is 0 Å². The molecule has 2 N–H and O–H groups in total. The lowest BCUT2D eigenvalue weighted by atomic mass is 9.93. The Bertz CT molecular complexity index is 495. The van der Waals surface area contributed by atoms with Gasteiger partial charge in [0.25, 0.3) is 0 Å². The third kappa shape index (κ3) is 6.48. The van der Waals surface area contributed by atoms with Crippen molar-refractivity contribution in [2.75, 3.05) is 53.9 Å². The molecule has 2 fully saturated rings. The predicted octanol–water partition coefficient (Wildman–Crippen LogP) is 0.0473. The quantitative estimate of drug-likeness (QED) is 0.512. The third-order valence-corrected chi connectivity index (χ3v) is 5.04. The van der Waals surface area contributed by atoms with Crippen LogP contribution in [0.3, 0.4) is 0 Å². The van der Waals surface area contributed by atoms with Gasteiger partial charge in [0, 0.05) is 53.8 Å². The van der Waals surface area contributed by atoms with E-state index in [-0.39, 0.29) is 24.5 Å². The fourth-order valence-electron chi connectivity index (χ4n) is 3.28. The van der Waals surface area contributed by atoms with E-state index in [0.29, 0.717) is 18.9 Å².